The summed E-state index contributed by atoms with van der Waals surface area (Å²) < 4.78 is 27.1. The van der Waals surface area contributed by atoms with Crippen LogP contribution in [0.25, 0.3) is 0 Å². The Morgan fingerprint density at radius 1 is 1.19 bits per heavy atom. The highest BCUT2D eigenvalue weighted by atomic mass is 32.2. The molecule has 0 bridgehead atoms. The second-order valence-corrected chi connectivity index (χ2v) is 9.20. The van der Waals surface area contributed by atoms with Crippen LogP contribution in [0.4, 0.5) is 0 Å². The number of aliphatic hydroxyl groups is 1. The first-order valence-electron chi connectivity index (χ1n) is 7.24. The minimum absolute atomic E-state index is 0.0821. The monoisotopic (exact) mass is 311 g/mol. The molecule has 21 heavy (non-hydrogen) atoms. The van der Waals surface area contributed by atoms with Gasteiger partial charge in [-0.2, -0.15) is 0 Å². The first-order valence-corrected chi connectivity index (χ1v) is 8.72. The molecule has 2 N–H and O–H groups in total. The van der Waals surface area contributed by atoms with Gasteiger partial charge in [-0.05, 0) is 55.7 Å². The summed E-state index contributed by atoms with van der Waals surface area (Å²) in [6, 6.07) is 7.01. The van der Waals surface area contributed by atoms with Gasteiger partial charge in [-0.25, -0.2) is 13.1 Å². The van der Waals surface area contributed by atoms with Gasteiger partial charge in [0.25, 0.3) is 0 Å². The van der Waals surface area contributed by atoms with Crippen LogP contribution in [-0.2, 0) is 10.0 Å². The highest BCUT2D eigenvalue weighted by Crippen LogP contribution is 2.63. The van der Waals surface area contributed by atoms with Crippen LogP contribution in [0, 0.1) is 11.3 Å². The third kappa shape index (κ3) is 3.30. The second kappa shape index (κ2) is 5.07. The van der Waals surface area contributed by atoms with Crippen molar-refractivity contribution in [1.82, 2.24) is 4.72 Å². The molecule has 0 amide bonds. The largest absolute Gasteiger partial charge is 0.396 e. The SMILES string of the molecule is CC(C)(C)NS(=O)(=O)c1ccc([C@H]2[C@H](CO)C2(C)C)cc1. The van der Waals surface area contributed by atoms with Gasteiger partial charge in [0.2, 0.25) is 10.0 Å². The van der Waals surface area contributed by atoms with E-state index < -0.39 is 15.6 Å². The zero-order valence-electron chi connectivity index (χ0n) is 13.3. The van der Waals surface area contributed by atoms with E-state index in [4.69, 9.17) is 0 Å². The van der Waals surface area contributed by atoms with E-state index in [2.05, 4.69) is 18.6 Å². The van der Waals surface area contributed by atoms with Crippen molar-refractivity contribution in [2.45, 2.75) is 51.0 Å². The van der Waals surface area contributed by atoms with Crippen molar-refractivity contribution in [2.75, 3.05) is 6.61 Å². The summed E-state index contributed by atoms with van der Waals surface area (Å²) in [6.45, 7) is 9.88. The van der Waals surface area contributed by atoms with E-state index in [0.717, 1.165) is 5.56 Å². The van der Waals surface area contributed by atoms with Crippen molar-refractivity contribution in [1.29, 1.82) is 0 Å². The first-order chi connectivity index (χ1) is 9.49. The fraction of sp³-hybridized carbons (Fsp3) is 0.625. The maximum Gasteiger partial charge on any atom is 0.241 e. The van der Waals surface area contributed by atoms with Gasteiger partial charge >= 0.3 is 0 Å². The summed E-state index contributed by atoms with van der Waals surface area (Å²) >= 11 is 0. The lowest BCUT2D eigenvalue weighted by Crippen LogP contribution is -2.40. The molecule has 1 aliphatic carbocycles. The summed E-state index contributed by atoms with van der Waals surface area (Å²) in [5, 5.41) is 9.38. The Labute approximate surface area is 127 Å². The van der Waals surface area contributed by atoms with Crippen molar-refractivity contribution in [3.05, 3.63) is 29.8 Å². The minimum atomic E-state index is -3.49. The van der Waals surface area contributed by atoms with E-state index in [9.17, 15) is 13.5 Å². The average molecular weight is 311 g/mol. The number of sulfonamides is 1. The lowest BCUT2D eigenvalue weighted by Gasteiger charge is -2.20. The molecule has 2 atom stereocenters. The molecule has 0 heterocycles. The Kier molecular flexibility index (Phi) is 3.98. The Hall–Kier alpha value is -0.910. The van der Waals surface area contributed by atoms with Crippen LogP contribution in [0.3, 0.4) is 0 Å². The van der Waals surface area contributed by atoms with Gasteiger partial charge in [-0.3, -0.25) is 0 Å². The molecule has 0 spiro atoms. The Morgan fingerprint density at radius 3 is 2.10 bits per heavy atom. The van der Waals surface area contributed by atoms with Crippen molar-refractivity contribution in [3.63, 3.8) is 0 Å². The average Bonchev–Trinajstić information content (AvgIpc) is 2.88. The van der Waals surface area contributed by atoms with Crippen LogP contribution in [-0.4, -0.2) is 25.7 Å². The molecular weight excluding hydrogens is 286 g/mol. The van der Waals surface area contributed by atoms with E-state index in [-0.39, 0.29) is 22.8 Å². The molecule has 0 aromatic heterocycles. The number of aliphatic hydroxyl groups excluding tert-OH is 1. The quantitative estimate of drug-likeness (QED) is 0.898. The zero-order chi connectivity index (χ0) is 16.1. The molecule has 5 heteroatoms. The highest BCUT2D eigenvalue weighted by molar-refractivity contribution is 7.89. The molecule has 0 aliphatic heterocycles. The van der Waals surface area contributed by atoms with Crippen molar-refractivity contribution >= 4 is 10.0 Å². The molecule has 1 aromatic rings. The summed E-state index contributed by atoms with van der Waals surface area (Å²) in [5.74, 6) is 0.558. The van der Waals surface area contributed by atoms with Gasteiger partial charge in [-0.1, -0.05) is 26.0 Å². The maximum atomic E-state index is 12.2. The molecule has 0 unspecified atom stereocenters. The van der Waals surface area contributed by atoms with Crippen LogP contribution in [0.2, 0.25) is 0 Å². The van der Waals surface area contributed by atoms with Gasteiger partial charge in [-0.15, -0.1) is 0 Å². The van der Waals surface area contributed by atoms with Crippen LogP contribution in [0.1, 0.15) is 46.1 Å². The fourth-order valence-corrected chi connectivity index (χ4v) is 4.48. The molecule has 0 radical (unpaired) electrons. The van der Waals surface area contributed by atoms with Crippen molar-refractivity contribution in [3.8, 4) is 0 Å². The summed E-state index contributed by atoms with van der Waals surface area (Å²) in [4.78, 5) is 0.278. The summed E-state index contributed by atoms with van der Waals surface area (Å²) in [5.41, 5.74) is 0.672. The second-order valence-electron chi connectivity index (χ2n) is 7.51. The lowest BCUT2D eigenvalue weighted by molar-refractivity contribution is 0.256. The Morgan fingerprint density at radius 2 is 1.71 bits per heavy atom. The fourth-order valence-electron chi connectivity index (χ4n) is 3.06. The molecule has 1 aromatic carbocycles. The Balaban J connectivity index is 2.21. The van der Waals surface area contributed by atoms with Crippen LogP contribution < -0.4 is 4.72 Å². The molecule has 4 nitrogen and oxygen atoms in total. The predicted octanol–water partition coefficient (Wildman–Crippen LogP) is 2.50. The lowest BCUT2D eigenvalue weighted by atomic mass is 10.0. The first kappa shape index (κ1) is 16.5. The number of rotatable bonds is 4. The van der Waals surface area contributed by atoms with E-state index in [0.29, 0.717) is 5.92 Å². The van der Waals surface area contributed by atoms with E-state index in [1.165, 1.54) is 0 Å². The van der Waals surface area contributed by atoms with Gasteiger partial charge in [0, 0.05) is 12.1 Å². The molecule has 118 valence electrons. The van der Waals surface area contributed by atoms with E-state index in [1.54, 1.807) is 12.1 Å². The van der Waals surface area contributed by atoms with E-state index >= 15 is 0 Å². The topological polar surface area (TPSA) is 66.4 Å². The van der Waals surface area contributed by atoms with E-state index in [1.807, 2.05) is 32.9 Å². The Bertz CT molecular complexity index is 612. The maximum absolute atomic E-state index is 12.2. The van der Waals surface area contributed by atoms with Gasteiger partial charge in [0.05, 0.1) is 4.90 Å². The minimum Gasteiger partial charge on any atom is -0.396 e. The number of hydrogen-bond acceptors (Lipinski definition) is 3. The molecule has 0 saturated heterocycles. The molecule has 1 aliphatic rings. The summed E-state index contributed by atoms with van der Waals surface area (Å²) in [6.07, 6.45) is 0. The predicted molar refractivity (Wildman–Crippen MR) is 83.6 cm³/mol. The number of hydrogen-bond donors (Lipinski definition) is 2. The van der Waals surface area contributed by atoms with Crippen molar-refractivity contribution < 1.29 is 13.5 Å². The molecular formula is C16H25NO3S. The molecule has 1 saturated carbocycles. The smallest absolute Gasteiger partial charge is 0.241 e. The zero-order valence-corrected chi connectivity index (χ0v) is 14.2. The third-order valence-electron chi connectivity index (χ3n) is 4.24. The standard InChI is InChI=1S/C16H25NO3S/c1-15(2,3)17-21(19,20)12-8-6-11(7-9-12)14-13(10-18)16(14,4)5/h6-9,13-14,17-18H,10H2,1-5H3/t13-,14-/m0/s1. The van der Waals surface area contributed by atoms with Crippen LogP contribution in [0.5, 0.6) is 0 Å². The van der Waals surface area contributed by atoms with Crippen molar-refractivity contribution in [2.24, 2.45) is 11.3 Å². The highest BCUT2D eigenvalue weighted by Gasteiger charge is 2.57. The van der Waals surface area contributed by atoms with Crippen LogP contribution >= 0.6 is 0 Å². The number of nitrogens with one attached hydrogen (secondary N) is 1. The third-order valence-corrected chi connectivity index (χ3v) is 6.01. The van der Waals surface area contributed by atoms with Gasteiger partial charge in [0.1, 0.15) is 0 Å². The normalized spacial score (nSPS) is 24.9. The molecule has 2 rings (SSSR count). The summed E-state index contributed by atoms with van der Waals surface area (Å²) in [7, 11) is -3.49. The van der Waals surface area contributed by atoms with Crippen LogP contribution in [0.15, 0.2) is 29.2 Å². The van der Waals surface area contributed by atoms with Gasteiger partial charge < -0.3 is 5.11 Å². The number of benzene rings is 1. The molecule has 1 fully saturated rings. The van der Waals surface area contributed by atoms with Gasteiger partial charge in [0.15, 0.2) is 0 Å².